The van der Waals surface area contributed by atoms with Crippen molar-refractivity contribution in [2.24, 2.45) is 0 Å². The number of anilines is 1. The normalized spacial score (nSPS) is 11.6. The number of carbonyl (C=O) groups is 1. The highest BCUT2D eigenvalue weighted by atomic mass is 32.2. The highest BCUT2D eigenvalue weighted by Gasteiger charge is 2.23. The Morgan fingerprint density at radius 2 is 1.81 bits per heavy atom. The second-order valence-electron chi connectivity index (χ2n) is 7.44. The molecule has 0 unspecified atom stereocenters. The summed E-state index contributed by atoms with van der Waals surface area (Å²) in [7, 11) is -3.34. The van der Waals surface area contributed by atoms with Crippen molar-refractivity contribution >= 4 is 42.4 Å². The molecule has 0 N–H and O–H groups in total. The first kappa shape index (κ1) is 21.1. The predicted octanol–water partition coefficient (Wildman–Crippen LogP) is 4.56. The molecule has 0 radical (unpaired) electrons. The number of carbonyl (C=O) groups excluding carboxylic acids is 1. The number of benzene rings is 2. The highest BCUT2D eigenvalue weighted by Crippen LogP contribution is 2.33. The average Bonchev–Trinajstić information content (AvgIpc) is 3.16. The van der Waals surface area contributed by atoms with E-state index < -0.39 is 9.84 Å². The summed E-state index contributed by atoms with van der Waals surface area (Å²) < 4.78 is 24.5. The second-order valence-corrected chi connectivity index (χ2v) is 10.4. The van der Waals surface area contributed by atoms with Gasteiger partial charge in [0, 0.05) is 18.0 Å². The molecule has 2 heterocycles. The van der Waals surface area contributed by atoms with Gasteiger partial charge in [0.15, 0.2) is 15.0 Å². The molecule has 0 saturated carbocycles. The lowest BCUT2D eigenvalue weighted by Crippen LogP contribution is -2.30. The van der Waals surface area contributed by atoms with Crippen molar-refractivity contribution in [3.05, 3.63) is 83.2 Å². The molecule has 31 heavy (non-hydrogen) atoms. The van der Waals surface area contributed by atoms with E-state index in [4.69, 9.17) is 4.98 Å². The fourth-order valence-corrected chi connectivity index (χ4v) is 5.00. The highest BCUT2D eigenvalue weighted by molar-refractivity contribution is 7.90. The molecule has 0 spiro atoms. The largest absolute Gasteiger partial charge is 0.278 e. The zero-order valence-corrected chi connectivity index (χ0v) is 19.0. The lowest BCUT2D eigenvalue weighted by Gasteiger charge is -2.19. The molecule has 2 aromatic carbocycles. The summed E-state index contributed by atoms with van der Waals surface area (Å²) in [6.45, 7) is 4.31. The van der Waals surface area contributed by atoms with Gasteiger partial charge < -0.3 is 0 Å². The maximum Gasteiger partial charge on any atom is 0.260 e. The van der Waals surface area contributed by atoms with E-state index in [-0.39, 0.29) is 17.3 Å². The lowest BCUT2D eigenvalue weighted by molar-refractivity contribution is 0.0984. The Morgan fingerprint density at radius 1 is 1.06 bits per heavy atom. The summed E-state index contributed by atoms with van der Waals surface area (Å²) in [5, 5.41) is 0.576. The minimum atomic E-state index is -3.34. The van der Waals surface area contributed by atoms with Crippen LogP contribution in [0.5, 0.6) is 0 Å². The molecule has 0 aliphatic carbocycles. The van der Waals surface area contributed by atoms with Gasteiger partial charge in [-0.25, -0.2) is 13.4 Å². The van der Waals surface area contributed by atoms with Gasteiger partial charge in [0.25, 0.3) is 5.91 Å². The SMILES string of the molecule is Cc1cc(C)c2sc(N(Cc3ccccn3)C(=O)c3ccc(S(C)(=O)=O)cc3)nc2c1. The Hall–Kier alpha value is -3.10. The fraction of sp³-hybridized carbons (Fsp3) is 0.174. The third-order valence-electron chi connectivity index (χ3n) is 4.86. The van der Waals surface area contributed by atoms with Crippen LogP contribution in [0, 0.1) is 13.8 Å². The first-order valence-corrected chi connectivity index (χ1v) is 12.3. The molecule has 4 rings (SSSR count). The van der Waals surface area contributed by atoms with Crippen LogP contribution in [-0.2, 0) is 16.4 Å². The summed E-state index contributed by atoms with van der Waals surface area (Å²) in [6.07, 6.45) is 2.83. The summed E-state index contributed by atoms with van der Waals surface area (Å²) in [5.74, 6) is -0.265. The van der Waals surface area contributed by atoms with Crippen molar-refractivity contribution in [2.45, 2.75) is 25.3 Å². The summed E-state index contributed by atoms with van der Waals surface area (Å²) in [4.78, 5) is 24.3. The van der Waals surface area contributed by atoms with Crippen LogP contribution in [-0.4, -0.2) is 30.5 Å². The number of rotatable bonds is 5. The van der Waals surface area contributed by atoms with Crippen LogP contribution in [0.15, 0.2) is 65.7 Å². The number of hydrogen-bond acceptors (Lipinski definition) is 6. The third-order valence-corrected chi connectivity index (χ3v) is 7.22. The lowest BCUT2D eigenvalue weighted by atomic mass is 10.1. The van der Waals surface area contributed by atoms with Gasteiger partial charge in [-0.3, -0.25) is 14.7 Å². The number of sulfone groups is 1. The van der Waals surface area contributed by atoms with Crippen molar-refractivity contribution in [2.75, 3.05) is 11.2 Å². The Kier molecular flexibility index (Phi) is 5.60. The van der Waals surface area contributed by atoms with Crippen molar-refractivity contribution < 1.29 is 13.2 Å². The zero-order valence-electron chi connectivity index (χ0n) is 17.4. The van der Waals surface area contributed by atoms with Crippen molar-refractivity contribution in [3.8, 4) is 0 Å². The van der Waals surface area contributed by atoms with Crippen LogP contribution < -0.4 is 4.90 Å². The molecule has 158 valence electrons. The molecule has 0 aliphatic rings. The number of aryl methyl sites for hydroxylation is 2. The Bertz CT molecular complexity index is 1360. The van der Waals surface area contributed by atoms with Crippen LogP contribution >= 0.6 is 11.3 Å². The van der Waals surface area contributed by atoms with Crippen LogP contribution in [0.1, 0.15) is 27.2 Å². The monoisotopic (exact) mass is 451 g/mol. The van der Waals surface area contributed by atoms with E-state index in [1.165, 1.54) is 35.6 Å². The number of fused-ring (bicyclic) bond motifs is 1. The predicted molar refractivity (Wildman–Crippen MR) is 123 cm³/mol. The molecule has 0 atom stereocenters. The van der Waals surface area contributed by atoms with Gasteiger partial charge in [0.2, 0.25) is 0 Å². The Morgan fingerprint density at radius 3 is 2.45 bits per heavy atom. The van der Waals surface area contributed by atoms with Gasteiger partial charge >= 0.3 is 0 Å². The number of amides is 1. The van der Waals surface area contributed by atoms with E-state index in [1.54, 1.807) is 11.1 Å². The molecule has 8 heteroatoms. The number of pyridine rings is 1. The summed E-state index contributed by atoms with van der Waals surface area (Å²) in [5.41, 5.74) is 4.19. The average molecular weight is 452 g/mol. The molecule has 4 aromatic rings. The standard InChI is InChI=1S/C23H21N3O3S2/c1-15-12-16(2)21-20(13-15)25-23(30-21)26(14-18-6-4-5-11-24-18)22(27)17-7-9-19(10-8-17)31(3,28)29/h4-13H,14H2,1-3H3. The zero-order chi connectivity index (χ0) is 22.2. The van der Waals surface area contributed by atoms with Crippen molar-refractivity contribution in [1.29, 1.82) is 0 Å². The molecule has 6 nitrogen and oxygen atoms in total. The van der Waals surface area contributed by atoms with Crippen molar-refractivity contribution in [3.63, 3.8) is 0 Å². The molecule has 0 fully saturated rings. The first-order valence-electron chi connectivity index (χ1n) is 9.62. The van der Waals surface area contributed by atoms with Crippen LogP contribution in [0.2, 0.25) is 0 Å². The number of aromatic nitrogens is 2. The smallest absolute Gasteiger partial charge is 0.260 e. The van der Waals surface area contributed by atoms with Crippen LogP contribution in [0.3, 0.4) is 0 Å². The molecular weight excluding hydrogens is 430 g/mol. The minimum Gasteiger partial charge on any atom is -0.278 e. The van der Waals surface area contributed by atoms with E-state index in [9.17, 15) is 13.2 Å². The van der Waals surface area contributed by atoms with Gasteiger partial charge in [-0.15, -0.1) is 0 Å². The Labute approximate surface area is 185 Å². The van der Waals surface area contributed by atoms with Gasteiger partial charge in [0.05, 0.1) is 27.4 Å². The minimum absolute atomic E-state index is 0.173. The first-order chi connectivity index (χ1) is 14.7. The van der Waals surface area contributed by atoms with E-state index in [0.717, 1.165) is 33.3 Å². The topological polar surface area (TPSA) is 80.2 Å². The molecular formula is C23H21N3O3S2. The Balaban J connectivity index is 1.77. The number of thiazole rings is 1. The van der Waals surface area contributed by atoms with Crippen molar-refractivity contribution in [1.82, 2.24) is 9.97 Å². The van der Waals surface area contributed by atoms with E-state index in [2.05, 4.69) is 11.1 Å². The molecule has 0 saturated heterocycles. The van der Waals surface area contributed by atoms with E-state index in [1.807, 2.05) is 38.1 Å². The molecule has 1 amide bonds. The van der Waals surface area contributed by atoms with E-state index >= 15 is 0 Å². The summed E-state index contributed by atoms with van der Waals surface area (Å²) >= 11 is 1.46. The maximum absolute atomic E-state index is 13.5. The van der Waals surface area contributed by atoms with Gasteiger partial charge in [-0.05, 0) is 67.4 Å². The van der Waals surface area contributed by atoms with Crippen LogP contribution in [0.25, 0.3) is 10.2 Å². The number of hydrogen-bond donors (Lipinski definition) is 0. The quantitative estimate of drug-likeness (QED) is 0.444. The molecule has 0 aliphatic heterocycles. The fourth-order valence-electron chi connectivity index (χ4n) is 3.36. The maximum atomic E-state index is 13.5. The third kappa shape index (κ3) is 4.50. The second kappa shape index (κ2) is 8.20. The number of nitrogens with zero attached hydrogens (tertiary/aromatic N) is 3. The van der Waals surface area contributed by atoms with Gasteiger partial charge in [0.1, 0.15) is 0 Å². The molecule has 2 aromatic heterocycles. The summed E-state index contributed by atoms with van der Waals surface area (Å²) in [6, 6.07) is 15.6. The van der Waals surface area contributed by atoms with Gasteiger partial charge in [-0.1, -0.05) is 23.5 Å². The van der Waals surface area contributed by atoms with Crippen LogP contribution in [0.4, 0.5) is 5.13 Å². The molecule has 0 bridgehead atoms. The van der Waals surface area contributed by atoms with Gasteiger partial charge in [-0.2, -0.15) is 0 Å². The van der Waals surface area contributed by atoms with E-state index in [0.29, 0.717) is 10.7 Å².